The summed E-state index contributed by atoms with van der Waals surface area (Å²) in [5.41, 5.74) is 1.05. The summed E-state index contributed by atoms with van der Waals surface area (Å²) in [6.45, 7) is 3.89. The lowest BCUT2D eigenvalue weighted by Gasteiger charge is -2.10. The Labute approximate surface area is 107 Å². The average molecular weight is 243 g/mol. The van der Waals surface area contributed by atoms with Gasteiger partial charge in [-0.2, -0.15) is 0 Å². The number of ether oxygens (including phenoxy) is 1. The van der Waals surface area contributed by atoms with Gasteiger partial charge < -0.3 is 10.1 Å². The maximum Gasteiger partial charge on any atom is 0.145 e. The van der Waals surface area contributed by atoms with E-state index in [4.69, 9.17) is 4.74 Å². The van der Waals surface area contributed by atoms with Gasteiger partial charge in [-0.25, -0.2) is 0 Å². The van der Waals surface area contributed by atoms with Gasteiger partial charge in [0.2, 0.25) is 0 Å². The molecule has 0 saturated heterocycles. The molecule has 4 heteroatoms. The molecular weight excluding hydrogens is 226 g/mol. The molecule has 2 aromatic rings. The third-order valence-corrected chi connectivity index (χ3v) is 2.46. The van der Waals surface area contributed by atoms with Gasteiger partial charge in [-0.15, -0.1) is 0 Å². The van der Waals surface area contributed by atoms with E-state index in [2.05, 4.69) is 22.2 Å². The molecule has 18 heavy (non-hydrogen) atoms. The summed E-state index contributed by atoms with van der Waals surface area (Å²) < 4.78 is 5.80. The highest BCUT2D eigenvalue weighted by Gasteiger charge is 2.04. The van der Waals surface area contributed by atoms with Gasteiger partial charge in [-0.1, -0.05) is 6.92 Å². The normalized spacial score (nSPS) is 10.3. The Balaban J connectivity index is 2.07. The summed E-state index contributed by atoms with van der Waals surface area (Å²) in [7, 11) is 0. The van der Waals surface area contributed by atoms with Gasteiger partial charge in [-0.05, 0) is 31.2 Å². The number of hydrogen-bond donors (Lipinski definition) is 1. The zero-order chi connectivity index (χ0) is 12.6. The summed E-state index contributed by atoms with van der Waals surface area (Å²) in [6, 6.07) is 5.61. The van der Waals surface area contributed by atoms with E-state index in [0.717, 1.165) is 36.6 Å². The van der Waals surface area contributed by atoms with Crippen LogP contribution in [0, 0.1) is 0 Å². The number of nitrogens with one attached hydrogen (secondary N) is 1. The van der Waals surface area contributed by atoms with Crippen LogP contribution in [0.2, 0.25) is 0 Å². The van der Waals surface area contributed by atoms with Crippen LogP contribution in [0.5, 0.6) is 11.5 Å². The minimum atomic E-state index is 0.737. The van der Waals surface area contributed by atoms with Crippen molar-refractivity contribution in [2.45, 2.75) is 19.9 Å². The van der Waals surface area contributed by atoms with Crippen LogP contribution in [0.3, 0.4) is 0 Å². The fourth-order valence-corrected chi connectivity index (χ4v) is 1.58. The van der Waals surface area contributed by atoms with Crippen molar-refractivity contribution in [2.24, 2.45) is 0 Å². The molecule has 0 radical (unpaired) electrons. The van der Waals surface area contributed by atoms with Gasteiger partial charge in [0, 0.05) is 30.7 Å². The molecule has 2 rings (SSSR count). The molecule has 4 nitrogen and oxygen atoms in total. The van der Waals surface area contributed by atoms with E-state index >= 15 is 0 Å². The molecule has 0 fully saturated rings. The second kappa shape index (κ2) is 6.71. The molecule has 2 heterocycles. The number of hydrogen-bond acceptors (Lipinski definition) is 4. The van der Waals surface area contributed by atoms with Crippen LogP contribution in [0.15, 0.2) is 43.0 Å². The first-order chi connectivity index (χ1) is 8.90. The van der Waals surface area contributed by atoms with Gasteiger partial charge in [-0.3, -0.25) is 9.97 Å². The predicted molar refractivity (Wildman–Crippen MR) is 70.5 cm³/mol. The Kier molecular flexibility index (Phi) is 4.67. The fourth-order valence-electron chi connectivity index (χ4n) is 1.58. The highest BCUT2D eigenvalue weighted by molar-refractivity contribution is 5.34. The van der Waals surface area contributed by atoms with Crippen molar-refractivity contribution in [3.63, 3.8) is 0 Å². The second-order valence-corrected chi connectivity index (χ2v) is 3.95. The van der Waals surface area contributed by atoms with Crippen molar-refractivity contribution in [1.29, 1.82) is 0 Å². The van der Waals surface area contributed by atoms with Crippen LogP contribution in [0.25, 0.3) is 0 Å². The van der Waals surface area contributed by atoms with Crippen molar-refractivity contribution in [3.8, 4) is 11.5 Å². The van der Waals surface area contributed by atoms with E-state index in [0.29, 0.717) is 0 Å². The number of rotatable bonds is 6. The minimum Gasteiger partial charge on any atom is -0.455 e. The van der Waals surface area contributed by atoms with Crippen molar-refractivity contribution in [2.75, 3.05) is 6.54 Å². The van der Waals surface area contributed by atoms with E-state index in [9.17, 15) is 0 Å². The van der Waals surface area contributed by atoms with Gasteiger partial charge in [0.1, 0.15) is 11.5 Å². The number of pyridine rings is 2. The third kappa shape index (κ3) is 3.53. The largest absolute Gasteiger partial charge is 0.455 e. The molecule has 0 aromatic carbocycles. The van der Waals surface area contributed by atoms with Gasteiger partial charge in [0.05, 0.1) is 6.20 Å². The first-order valence-electron chi connectivity index (χ1n) is 6.11. The quantitative estimate of drug-likeness (QED) is 0.792. The minimum absolute atomic E-state index is 0.737. The van der Waals surface area contributed by atoms with Crippen LogP contribution in [0.4, 0.5) is 0 Å². The van der Waals surface area contributed by atoms with E-state index in [-0.39, 0.29) is 0 Å². The van der Waals surface area contributed by atoms with E-state index in [1.165, 1.54) is 0 Å². The summed E-state index contributed by atoms with van der Waals surface area (Å²) >= 11 is 0. The molecular formula is C14H17N3O. The van der Waals surface area contributed by atoms with Gasteiger partial charge in [0.15, 0.2) is 0 Å². The summed E-state index contributed by atoms with van der Waals surface area (Å²) in [5, 5.41) is 3.34. The van der Waals surface area contributed by atoms with Crippen LogP contribution in [-0.2, 0) is 6.54 Å². The molecule has 0 aliphatic rings. The molecule has 0 amide bonds. The van der Waals surface area contributed by atoms with Crippen molar-refractivity contribution in [1.82, 2.24) is 15.3 Å². The monoisotopic (exact) mass is 243 g/mol. The van der Waals surface area contributed by atoms with Gasteiger partial charge in [0.25, 0.3) is 0 Å². The lowest BCUT2D eigenvalue weighted by atomic mass is 10.2. The molecule has 1 N–H and O–H groups in total. The first kappa shape index (κ1) is 12.5. The Morgan fingerprint density at radius 3 is 2.83 bits per heavy atom. The van der Waals surface area contributed by atoms with Crippen molar-refractivity contribution >= 4 is 0 Å². The van der Waals surface area contributed by atoms with Crippen molar-refractivity contribution < 1.29 is 4.74 Å². The lowest BCUT2D eigenvalue weighted by molar-refractivity contribution is 0.469. The molecule has 0 saturated carbocycles. The number of nitrogens with zero attached hydrogens (tertiary/aromatic N) is 2. The maximum atomic E-state index is 5.80. The Morgan fingerprint density at radius 2 is 2.06 bits per heavy atom. The summed E-state index contributed by atoms with van der Waals surface area (Å²) in [4.78, 5) is 8.16. The van der Waals surface area contributed by atoms with Crippen LogP contribution < -0.4 is 10.1 Å². The third-order valence-electron chi connectivity index (χ3n) is 2.46. The molecule has 0 atom stereocenters. The second-order valence-electron chi connectivity index (χ2n) is 3.95. The standard InChI is InChI=1S/C14H17N3O/c1-2-6-15-9-12-10-17-8-5-14(12)18-13-4-3-7-16-11-13/h3-5,7-8,10-11,15H,2,6,9H2,1H3. The molecule has 0 aliphatic carbocycles. The molecule has 0 bridgehead atoms. The Hall–Kier alpha value is -1.94. The van der Waals surface area contributed by atoms with Gasteiger partial charge >= 0.3 is 0 Å². The molecule has 0 spiro atoms. The van der Waals surface area contributed by atoms with E-state index < -0.39 is 0 Å². The Bertz CT molecular complexity index is 473. The topological polar surface area (TPSA) is 47.0 Å². The molecule has 94 valence electrons. The van der Waals surface area contributed by atoms with Crippen LogP contribution >= 0.6 is 0 Å². The van der Waals surface area contributed by atoms with Crippen LogP contribution in [-0.4, -0.2) is 16.5 Å². The molecule has 0 unspecified atom stereocenters. The fraction of sp³-hybridized carbons (Fsp3) is 0.286. The zero-order valence-electron chi connectivity index (χ0n) is 10.5. The Morgan fingerprint density at radius 1 is 1.17 bits per heavy atom. The van der Waals surface area contributed by atoms with E-state index in [1.807, 2.05) is 24.4 Å². The summed E-state index contributed by atoms with van der Waals surface area (Å²) in [6.07, 6.45) is 8.09. The zero-order valence-corrected chi connectivity index (χ0v) is 10.5. The SMILES string of the molecule is CCCNCc1cnccc1Oc1cccnc1. The first-order valence-corrected chi connectivity index (χ1v) is 6.11. The summed E-state index contributed by atoms with van der Waals surface area (Å²) in [5.74, 6) is 1.56. The highest BCUT2D eigenvalue weighted by atomic mass is 16.5. The molecule has 0 aliphatic heterocycles. The predicted octanol–water partition coefficient (Wildman–Crippen LogP) is 2.77. The maximum absolute atomic E-state index is 5.80. The highest BCUT2D eigenvalue weighted by Crippen LogP contribution is 2.23. The molecule has 2 aromatic heterocycles. The average Bonchev–Trinajstić information content (AvgIpc) is 2.42. The smallest absolute Gasteiger partial charge is 0.145 e. The van der Waals surface area contributed by atoms with Crippen LogP contribution in [0.1, 0.15) is 18.9 Å². The van der Waals surface area contributed by atoms with E-state index in [1.54, 1.807) is 18.6 Å². The van der Waals surface area contributed by atoms with Crippen molar-refractivity contribution in [3.05, 3.63) is 48.5 Å². The lowest BCUT2D eigenvalue weighted by Crippen LogP contribution is -2.14. The number of aromatic nitrogens is 2.